The second-order valence-electron chi connectivity index (χ2n) is 7.66. The number of hydrogen-bond donors (Lipinski definition) is 1. The molecule has 2 aromatic carbocycles. The van der Waals surface area contributed by atoms with Crippen LogP contribution in [-0.2, 0) is 26.2 Å². The van der Waals surface area contributed by atoms with Gasteiger partial charge in [-0.15, -0.1) is 0 Å². The van der Waals surface area contributed by atoms with Crippen molar-refractivity contribution in [1.82, 2.24) is 10.2 Å². The van der Waals surface area contributed by atoms with Crippen molar-refractivity contribution in [3.63, 3.8) is 0 Å². The van der Waals surface area contributed by atoms with Crippen LogP contribution in [0.25, 0.3) is 0 Å². The van der Waals surface area contributed by atoms with E-state index in [1.807, 2.05) is 0 Å². The Kier molecular flexibility index (Phi) is 8.81. The molecule has 0 aromatic heterocycles. The van der Waals surface area contributed by atoms with Crippen LogP contribution in [0.3, 0.4) is 0 Å². The van der Waals surface area contributed by atoms with Gasteiger partial charge in [-0.1, -0.05) is 18.2 Å². The van der Waals surface area contributed by atoms with Crippen molar-refractivity contribution in [3.05, 3.63) is 59.4 Å². The third-order valence-electron chi connectivity index (χ3n) is 5.07. The Morgan fingerprint density at radius 3 is 2.33 bits per heavy atom. The number of ether oxygens (including phenoxy) is 1. The fourth-order valence-electron chi connectivity index (χ4n) is 3.28. The van der Waals surface area contributed by atoms with Gasteiger partial charge in [0.2, 0.25) is 21.8 Å². The molecule has 0 fully saturated rings. The maximum atomic E-state index is 13.4. The molecule has 8 nitrogen and oxygen atoms in total. The molecule has 1 N–H and O–H groups in total. The van der Waals surface area contributed by atoms with E-state index in [9.17, 15) is 22.4 Å². The lowest BCUT2D eigenvalue weighted by molar-refractivity contribution is -0.139. The minimum Gasteiger partial charge on any atom is -0.495 e. The average Bonchev–Trinajstić information content (AvgIpc) is 2.75. The SMILES string of the molecule is CCNC(=O)C(C)N(Cc1ccc(F)cc1)C(=O)CN(c1cc(C)ccc1OC)S(C)(=O)=O. The molecule has 0 saturated heterocycles. The smallest absolute Gasteiger partial charge is 0.244 e. The molecule has 33 heavy (non-hydrogen) atoms. The van der Waals surface area contributed by atoms with Gasteiger partial charge in [-0.05, 0) is 56.2 Å². The number of hydrogen-bond acceptors (Lipinski definition) is 5. The van der Waals surface area contributed by atoms with Gasteiger partial charge >= 0.3 is 0 Å². The third kappa shape index (κ3) is 6.92. The number of nitrogens with one attached hydrogen (secondary N) is 1. The molecular weight excluding hydrogens is 449 g/mol. The maximum Gasteiger partial charge on any atom is 0.244 e. The normalized spacial score (nSPS) is 12.1. The summed E-state index contributed by atoms with van der Waals surface area (Å²) < 4.78 is 44.9. The predicted molar refractivity (Wildman–Crippen MR) is 125 cm³/mol. The van der Waals surface area contributed by atoms with Gasteiger partial charge in [0.05, 0.1) is 19.1 Å². The van der Waals surface area contributed by atoms with Crippen molar-refractivity contribution in [3.8, 4) is 5.75 Å². The van der Waals surface area contributed by atoms with Crippen LogP contribution in [-0.4, -0.2) is 57.6 Å². The number of aryl methyl sites for hydroxylation is 1. The highest BCUT2D eigenvalue weighted by atomic mass is 32.2. The molecule has 2 amide bonds. The van der Waals surface area contributed by atoms with Gasteiger partial charge in [-0.3, -0.25) is 13.9 Å². The van der Waals surface area contributed by atoms with Crippen molar-refractivity contribution < 1.29 is 27.1 Å². The van der Waals surface area contributed by atoms with E-state index in [1.54, 1.807) is 39.0 Å². The highest BCUT2D eigenvalue weighted by Crippen LogP contribution is 2.31. The fourth-order valence-corrected chi connectivity index (χ4v) is 4.13. The number of anilines is 1. The van der Waals surface area contributed by atoms with Crippen LogP contribution >= 0.6 is 0 Å². The standard InChI is InChI=1S/C23H30FN3O5S/c1-6-25-23(29)17(3)26(14-18-8-10-19(24)11-9-18)22(28)15-27(33(5,30)31)20-13-16(2)7-12-21(20)32-4/h7-13,17H,6,14-15H2,1-5H3,(H,25,29). The van der Waals surface area contributed by atoms with Gasteiger partial charge < -0.3 is 15.0 Å². The van der Waals surface area contributed by atoms with E-state index >= 15 is 0 Å². The van der Waals surface area contributed by atoms with Gasteiger partial charge in [0, 0.05) is 13.1 Å². The quantitative estimate of drug-likeness (QED) is 0.565. The zero-order chi connectivity index (χ0) is 24.8. The molecule has 0 heterocycles. The number of methoxy groups -OCH3 is 1. The molecule has 10 heteroatoms. The van der Waals surface area contributed by atoms with Crippen LogP contribution in [0.2, 0.25) is 0 Å². The predicted octanol–water partition coefficient (Wildman–Crippen LogP) is 2.46. The lowest BCUT2D eigenvalue weighted by Crippen LogP contribution is -2.51. The molecule has 0 bridgehead atoms. The number of sulfonamides is 1. The van der Waals surface area contributed by atoms with Crippen LogP contribution in [0.1, 0.15) is 25.0 Å². The lowest BCUT2D eigenvalue weighted by Gasteiger charge is -2.31. The number of likely N-dealkylation sites (N-methyl/N-ethyl adjacent to an activating group) is 1. The molecule has 1 unspecified atom stereocenters. The van der Waals surface area contributed by atoms with E-state index in [2.05, 4.69) is 5.32 Å². The van der Waals surface area contributed by atoms with Crippen LogP contribution in [0, 0.1) is 12.7 Å². The van der Waals surface area contributed by atoms with Crippen molar-refractivity contribution in [2.24, 2.45) is 0 Å². The Balaban J connectivity index is 2.44. The molecule has 2 rings (SSSR count). The summed E-state index contributed by atoms with van der Waals surface area (Å²) in [6.45, 7) is 4.95. The minimum atomic E-state index is -3.87. The van der Waals surface area contributed by atoms with E-state index in [-0.39, 0.29) is 18.1 Å². The topological polar surface area (TPSA) is 96.0 Å². The van der Waals surface area contributed by atoms with E-state index in [0.717, 1.165) is 16.1 Å². The van der Waals surface area contributed by atoms with Crippen molar-refractivity contribution in [2.75, 3.05) is 30.8 Å². The molecular formula is C23H30FN3O5S. The summed E-state index contributed by atoms with van der Waals surface area (Å²) >= 11 is 0. The number of nitrogens with zero attached hydrogens (tertiary/aromatic N) is 2. The zero-order valence-electron chi connectivity index (χ0n) is 19.5. The summed E-state index contributed by atoms with van der Waals surface area (Å²) in [4.78, 5) is 27.2. The maximum absolute atomic E-state index is 13.4. The number of carbonyl (C=O) groups excluding carboxylic acids is 2. The summed E-state index contributed by atoms with van der Waals surface area (Å²) in [6.07, 6.45) is 1.000. The number of amides is 2. The van der Waals surface area contributed by atoms with Crippen LogP contribution in [0.5, 0.6) is 5.75 Å². The zero-order valence-corrected chi connectivity index (χ0v) is 20.3. The second kappa shape index (κ2) is 11.1. The van der Waals surface area contributed by atoms with E-state index in [4.69, 9.17) is 4.74 Å². The number of benzene rings is 2. The van der Waals surface area contributed by atoms with Crippen molar-refractivity contribution in [1.29, 1.82) is 0 Å². The van der Waals surface area contributed by atoms with Gasteiger partial charge in [-0.25, -0.2) is 12.8 Å². The second-order valence-corrected chi connectivity index (χ2v) is 9.57. The Hall–Kier alpha value is -3.14. The Morgan fingerprint density at radius 2 is 1.79 bits per heavy atom. The Labute approximate surface area is 194 Å². The van der Waals surface area contributed by atoms with E-state index in [1.165, 1.54) is 36.3 Å². The molecule has 0 radical (unpaired) electrons. The summed E-state index contributed by atoms with van der Waals surface area (Å²) in [6, 6.07) is 9.66. The highest BCUT2D eigenvalue weighted by molar-refractivity contribution is 7.92. The first-order valence-electron chi connectivity index (χ1n) is 10.4. The van der Waals surface area contributed by atoms with Crippen LogP contribution in [0.15, 0.2) is 42.5 Å². The van der Waals surface area contributed by atoms with E-state index < -0.39 is 34.3 Å². The first-order valence-corrected chi connectivity index (χ1v) is 12.3. The summed E-state index contributed by atoms with van der Waals surface area (Å²) in [5.74, 6) is -1.11. The van der Waals surface area contributed by atoms with Crippen LogP contribution in [0.4, 0.5) is 10.1 Å². The highest BCUT2D eigenvalue weighted by Gasteiger charge is 2.31. The largest absolute Gasteiger partial charge is 0.495 e. The summed E-state index contributed by atoms with van der Waals surface area (Å²) in [7, 11) is -2.46. The molecule has 1 atom stereocenters. The third-order valence-corrected chi connectivity index (χ3v) is 6.19. The summed E-state index contributed by atoms with van der Waals surface area (Å²) in [5, 5.41) is 2.67. The minimum absolute atomic E-state index is 0.0000312. The number of halogens is 1. The number of rotatable bonds is 10. The average molecular weight is 480 g/mol. The molecule has 0 aliphatic rings. The molecule has 0 aliphatic carbocycles. The van der Waals surface area contributed by atoms with Crippen molar-refractivity contribution >= 4 is 27.5 Å². The number of carbonyl (C=O) groups is 2. The van der Waals surface area contributed by atoms with Gasteiger partial charge in [0.15, 0.2) is 0 Å². The van der Waals surface area contributed by atoms with Crippen LogP contribution < -0.4 is 14.4 Å². The van der Waals surface area contributed by atoms with Gasteiger partial charge in [0.25, 0.3) is 0 Å². The first-order chi connectivity index (χ1) is 15.5. The molecule has 180 valence electrons. The molecule has 0 spiro atoms. The van der Waals surface area contributed by atoms with E-state index in [0.29, 0.717) is 17.9 Å². The molecule has 0 aliphatic heterocycles. The first kappa shape index (κ1) is 26.1. The van der Waals surface area contributed by atoms with Crippen molar-refractivity contribution in [2.45, 2.75) is 33.4 Å². The fraction of sp³-hybridized carbons (Fsp3) is 0.391. The van der Waals surface area contributed by atoms with Gasteiger partial charge in [0.1, 0.15) is 24.2 Å². The lowest BCUT2D eigenvalue weighted by atomic mass is 10.1. The Bertz CT molecular complexity index is 1090. The molecule has 0 saturated carbocycles. The monoisotopic (exact) mass is 479 g/mol. The van der Waals surface area contributed by atoms with Gasteiger partial charge in [-0.2, -0.15) is 0 Å². The molecule has 2 aromatic rings. The summed E-state index contributed by atoms with van der Waals surface area (Å²) in [5.41, 5.74) is 1.60. The Morgan fingerprint density at radius 1 is 1.15 bits per heavy atom.